The van der Waals surface area contributed by atoms with Gasteiger partial charge in [0, 0.05) is 38.3 Å². The number of nitrogens with two attached hydrogens (primary N) is 1. The van der Waals surface area contributed by atoms with Crippen molar-refractivity contribution in [2.45, 2.75) is 46.1 Å². The zero-order valence-corrected chi connectivity index (χ0v) is 12.0. The van der Waals surface area contributed by atoms with Crippen molar-refractivity contribution in [3.8, 4) is 0 Å². The second-order valence-corrected chi connectivity index (χ2v) is 5.24. The maximum atomic E-state index is 12.7. The predicted octanol–water partition coefficient (Wildman–Crippen LogP) is 1.63. The van der Waals surface area contributed by atoms with E-state index < -0.39 is 0 Å². The molecule has 1 heterocycles. The highest BCUT2D eigenvalue weighted by atomic mass is 16.5. The molecule has 1 amide bonds. The van der Waals surface area contributed by atoms with Crippen molar-refractivity contribution in [1.82, 2.24) is 4.90 Å². The minimum absolute atomic E-state index is 0.117. The third kappa shape index (κ3) is 3.69. The summed E-state index contributed by atoms with van der Waals surface area (Å²) in [5.74, 6) is 0.719. The quantitative estimate of drug-likeness (QED) is 0.786. The van der Waals surface area contributed by atoms with E-state index in [0.29, 0.717) is 38.3 Å². The van der Waals surface area contributed by atoms with E-state index >= 15 is 0 Å². The largest absolute Gasteiger partial charge is 0.381 e. The van der Waals surface area contributed by atoms with Gasteiger partial charge in [0.1, 0.15) is 0 Å². The standard InChI is InChI=1S/C14H28N2O2/c1-4-12(5-2)16(8-7-15)14(17)13-6-9-18-10-11(13)3/h11-13H,4-10,15H2,1-3H3. The number of amides is 1. The summed E-state index contributed by atoms with van der Waals surface area (Å²) in [5.41, 5.74) is 5.66. The molecular formula is C14H28N2O2. The van der Waals surface area contributed by atoms with Crippen LogP contribution in [0.3, 0.4) is 0 Å². The third-order valence-electron chi connectivity index (χ3n) is 3.99. The lowest BCUT2D eigenvalue weighted by molar-refractivity contribution is -0.143. The number of carbonyl (C=O) groups excluding carboxylic acids is 1. The molecule has 0 aromatic carbocycles. The SMILES string of the molecule is CCC(CC)N(CCN)C(=O)C1CCOCC1C. The van der Waals surface area contributed by atoms with Gasteiger partial charge in [0.15, 0.2) is 0 Å². The van der Waals surface area contributed by atoms with Crippen LogP contribution in [0.25, 0.3) is 0 Å². The van der Waals surface area contributed by atoms with Crippen molar-refractivity contribution in [2.24, 2.45) is 17.6 Å². The zero-order valence-electron chi connectivity index (χ0n) is 12.0. The van der Waals surface area contributed by atoms with Crippen LogP contribution in [0, 0.1) is 11.8 Å². The van der Waals surface area contributed by atoms with Crippen LogP contribution in [0.2, 0.25) is 0 Å². The molecule has 2 N–H and O–H groups in total. The molecule has 4 heteroatoms. The summed E-state index contributed by atoms with van der Waals surface area (Å²) in [7, 11) is 0. The molecule has 1 rings (SSSR count). The van der Waals surface area contributed by atoms with Crippen LogP contribution in [0.4, 0.5) is 0 Å². The first-order valence-electron chi connectivity index (χ1n) is 7.23. The Morgan fingerprint density at radius 1 is 1.44 bits per heavy atom. The average Bonchev–Trinajstić information content (AvgIpc) is 2.39. The zero-order chi connectivity index (χ0) is 13.5. The highest BCUT2D eigenvalue weighted by Crippen LogP contribution is 2.25. The van der Waals surface area contributed by atoms with E-state index in [1.54, 1.807) is 0 Å². The van der Waals surface area contributed by atoms with Gasteiger partial charge >= 0.3 is 0 Å². The maximum Gasteiger partial charge on any atom is 0.226 e. The number of rotatable bonds is 6. The van der Waals surface area contributed by atoms with Crippen LogP contribution >= 0.6 is 0 Å². The smallest absolute Gasteiger partial charge is 0.226 e. The van der Waals surface area contributed by atoms with E-state index in [4.69, 9.17) is 10.5 Å². The Morgan fingerprint density at radius 2 is 2.11 bits per heavy atom. The molecular weight excluding hydrogens is 228 g/mol. The minimum atomic E-state index is 0.117. The van der Waals surface area contributed by atoms with E-state index in [2.05, 4.69) is 20.8 Å². The molecule has 1 aliphatic heterocycles. The molecule has 106 valence electrons. The molecule has 18 heavy (non-hydrogen) atoms. The van der Waals surface area contributed by atoms with Crippen LogP contribution in [0.5, 0.6) is 0 Å². The van der Waals surface area contributed by atoms with Gasteiger partial charge in [-0.15, -0.1) is 0 Å². The van der Waals surface area contributed by atoms with Gasteiger partial charge in [-0.1, -0.05) is 20.8 Å². The van der Waals surface area contributed by atoms with Crippen LogP contribution < -0.4 is 5.73 Å². The summed E-state index contributed by atoms with van der Waals surface area (Å²) in [6.45, 7) is 9.01. The number of ether oxygens (including phenoxy) is 1. The average molecular weight is 256 g/mol. The van der Waals surface area contributed by atoms with E-state index in [1.807, 2.05) is 4.90 Å². The molecule has 0 aliphatic carbocycles. The third-order valence-corrected chi connectivity index (χ3v) is 3.99. The van der Waals surface area contributed by atoms with Crippen molar-refractivity contribution < 1.29 is 9.53 Å². The monoisotopic (exact) mass is 256 g/mol. The Hall–Kier alpha value is -0.610. The fourth-order valence-corrected chi connectivity index (χ4v) is 2.80. The maximum absolute atomic E-state index is 12.7. The lowest BCUT2D eigenvalue weighted by Gasteiger charge is -2.37. The van der Waals surface area contributed by atoms with Crippen molar-refractivity contribution in [1.29, 1.82) is 0 Å². The summed E-state index contributed by atoms with van der Waals surface area (Å²) >= 11 is 0. The molecule has 0 radical (unpaired) electrons. The first-order chi connectivity index (χ1) is 8.65. The minimum Gasteiger partial charge on any atom is -0.381 e. The van der Waals surface area contributed by atoms with Crippen LogP contribution in [0.15, 0.2) is 0 Å². The summed E-state index contributed by atoms with van der Waals surface area (Å²) in [6.07, 6.45) is 2.85. The lowest BCUT2D eigenvalue weighted by Crippen LogP contribution is -2.48. The summed E-state index contributed by atoms with van der Waals surface area (Å²) < 4.78 is 5.42. The van der Waals surface area contributed by atoms with Crippen LogP contribution in [-0.2, 0) is 9.53 Å². The molecule has 0 spiro atoms. The Balaban J connectivity index is 2.74. The van der Waals surface area contributed by atoms with Crippen molar-refractivity contribution in [3.05, 3.63) is 0 Å². The van der Waals surface area contributed by atoms with Crippen molar-refractivity contribution in [3.63, 3.8) is 0 Å². The molecule has 2 atom stereocenters. The number of hydrogen-bond acceptors (Lipinski definition) is 3. The summed E-state index contributed by atoms with van der Waals surface area (Å²) in [4.78, 5) is 14.7. The molecule has 1 fully saturated rings. The van der Waals surface area contributed by atoms with Gasteiger partial charge in [-0.25, -0.2) is 0 Å². The first kappa shape index (κ1) is 15.4. The van der Waals surface area contributed by atoms with E-state index in [-0.39, 0.29) is 11.8 Å². The Morgan fingerprint density at radius 3 is 2.61 bits per heavy atom. The molecule has 1 aliphatic rings. The van der Waals surface area contributed by atoms with Gasteiger partial charge in [-0.3, -0.25) is 4.79 Å². The molecule has 2 unspecified atom stereocenters. The first-order valence-corrected chi connectivity index (χ1v) is 7.23. The molecule has 0 bridgehead atoms. The van der Waals surface area contributed by atoms with Gasteiger partial charge in [-0.05, 0) is 25.2 Å². The Kier molecular flexibility index (Phi) is 6.65. The predicted molar refractivity (Wildman–Crippen MR) is 73.2 cm³/mol. The second kappa shape index (κ2) is 7.74. The van der Waals surface area contributed by atoms with Gasteiger partial charge in [0.05, 0.1) is 0 Å². The fourth-order valence-electron chi connectivity index (χ4n) is 2.80. The molecule has 1 saturated heterocycles. The van der Waals surface area contributed by atoms with E-state index in [0.717, 1.165) is 19.3 Å². The molecule has 0 aromatic rings. The van der Waals surface area contributed by atoms with Gasteiger partial charge in [-0.2, -0.15) is 0 Å². The van der Waals surface area contributed by atoms with Crippen molar-refractivity contribution >= 4 is 5.91 Å². The number of nitrogens with zero attached hydrogens (tertiary/aromatic N) is 1. The van der Waals surface area contributed by atoms with Crippen molar-refractivity contribution in [2.75, 3.05) is 26.3 Å². The van der Waals surface area contributed by atoms with Gasteiger partial charge in [0.25, 0.3) is 0 Å². The highest BCUT2D eigenvalue weighted by Gasteiger charge is 2.33. The topological polar surface area (TPSA) is 55.6 Å². The number of hydrogen-bond donors (Lipinski definition) is 1. The molecule has 0 aromatic heterocycles. The fraction of sp³-hybridized carbons (Fsp3) is 0.929. The molecule has 0 saturated carbocycles. The van der Waals surface area contributed by atoms with E-state index in [1.165, 1.54) is 0 Å². The van der Waals surface area contributed by atoms with Gasteiger partial charge < -0.3 is 15.4 Å². The Labute approximate surface area is 111 Å². The normalized spacial score (nSPS) is 24.3. The highest BCUT2D eigenvalue weighted by molar-refractivity contribution is 5.79. The van der Waals surface area contributed by atoms with Crippen LogP contribution in [-0.4, -0.2) is 43.2 Å². The van der Waals surface area contributed by atoms with E-state index in [9.17, 15) is 4.79 Å². The lowest BCUT2D eigenvalue weighted by atomic mass is 9.88. The molecule has 4 nitrogen and oxygen atoms in total. The summed E-state index contributed by atoms with van der Waals surface area (Å²) in [5, 5.41) is 0. The summed E-state index contributed by atoms with van der Waals surface area (Å²) in [6, 6.07) is 0.330. The Bertz CT molecular complexity index is 254. The van der Waals surface area contributed by atoms with Gasteiger partial charge in [0.2, 0.25) is 5.91 Å². The second-order valence-electron chi connectivity index (χ2n) is 5.24. The number of carbonyl (C=O) groups is 1. The van der Waals surface area contributed by atoms with Crippen LogP contribution in [0.1, 0.15) is 40.0 Å².